The summed E-state index contributed by atoms with van der Waals surface area (Å²) in [6.45, 7) is 3.99. The maximum atomic E-state index is 6.08. The van der Waals surface area contributed by atoms with Gasteiger partial charge in [0.2, 0.25) is 0 Å². The molecule has 3 heterocycles. The van der Waals surface area contributed by atoms with Crippen molar-refractivity contribution in [3.63, 3.8) is 0 Å². The molecule has 7 nitrogen and oxygen atoms in total. The number of pyridine rings is 1. The van der Waals surface area contributed by atoms with E-state index >= 15 is 0 Å². The molecule has 0 aliphatic carbocycles. The molecule has 0 unspecified atom stereocenters. The molecule has 0 atom stereocenters. The number of nitrogens with two attached hydrogens (primary N) is 1. The molecule has 1 fully saturated rings. The summed E-state index contributed by atoms with van der Waals surface area (Å²) in [5, 5.41) is 3.13. The lowest BCUT2D eigenvalue weighted by atomic mass is 10.1. The summed E-state index contributed by atoms with van der Waals surface area (Å²) < 4.78 is 11.4. The number of fused-ring (bicyclic) bond motifs is 1. The quantitative estimate of drug-likeness (QED) is 0.625. The number of nitrogens with one attached hydrogen (secondary N) is 1. The number of ether oxygens (including phenoxy) is 2. The number of benzene rings is 1. The van der Waals surface area contributed by atoms with E-state index in [4.69, 9.17) is 15.2 Å². The van der Waals surface area contributed by atoms with Crippen LogP contribution in [0.3, 0.4) is 0 Å². The minimum Gasteiger partial charge on any atom is -0.490 e. The number of aromatic nitrogens is 1. The van der Waals surface area contributed by atoms with Crippen molar-refractivity contribution in [2.24, 2.45) is 10.7 Å². The second-order valence-corrected chi connectivity index (χ2v) is 7.11. The second kappa shape index (κ2) is 8.82. The molecule has 1 saturated heterocycles. The van der Waals surface area contributed by atoms with E-state index in [0.29, 0.717) is 25.7 Å². The molecule has 0 bridgehead atoms. The van der Waals surface area contributed by atoms with Gasteiger partial charge in [-0.15, -0.1) is 0 Å². The maximum absolute atomic E-state index is 6.08. The fourth-order valence-electron chi connectivity index (χ4n) is 3.46. The summed E-state index contributed by atoms with van der Waals surface area (Å²) in [6, 6.07) is 9.79. The molecule has 2 aliphatic heterocycles. The maximum Gasteiger partial charge on any atom is 0.193 e. The predicted molar refractivity (Wildman–Crippen MR) is 111 cm³/mol. The third-order valence-electron chi connectivity index (χ3n) is 4.94. The van der Waals surface area contributed by atoms with Crippen LogP contribution in [0, 0.1) is 0 Å². The van der Waals surface area contributed by atoms with Gasteiger partial charge in [0.1, 0.15) is 5.82 Å². The average molecular weight is 381 g/mol. The van der Waals surface area contributed by atoms with Gasteiger partial charge in [-0.1, -0.05) is 0 Å². The highest BCUT2D eigenvalue weighted by Crippen LogP contribution is 2.32. The highest BCUT2D eigenvalue weighted by molar-refractivity contribution is 5.92. The Morgan fingerprint density at radius 2 is 1.86 bits per heavy atom. The summed E-state index contributed by atoms with van der Waals surface area (Å²) >= 11 is 0. The van der Waals surface area contributed by atoms with Gasteiger partial charge in [0.05, 0.1) is 19.8 Å². The zero-order chi connectivity index (χ0) is 19.2. The zero-order valence-corrected chi connectivity index (χ0v) is 16.1. The lowest BCUT2D eigenvalue weighted by Gasteiger charge is -2.27. The second-order valence-electron chi connectivity index (χ2n) is 7.11. The SMILES string of the molecule is NC(=NCc1ccnc(N2CCCCC2)c1)Nc1ccc2c(c1)OCCCO2. The summed E-state index contributed by atoms with van der Waals surface area (Å²) in [5.74, 6) is 2.89. The van der Waals surface area contributed by atoms with Gasteiger partial charge in [0.15, 0.2) is 17.5 Å². The summed E-state index contributed by atoms with van der Waals surface area (Å²) in [5.41, 5.74) is 8.01. The molecule has 1 aromatic heterocycles. The first-order valence-electron chi connectivity index (χ1n) is 9.94. The Labute approximate surface area is 165 Å². The molecule has 7 heteroatoms. The van der Waals surface area contributed by atoms with E-state index in [0.717, 1.165) is 48.1 Å². The van der Waals surface area contributed by atoms with Crippen LogP contribution in [-0.2, 0) is 6.54 Å². The van der Waals surface area contributed by atoms with Crippen molar-refractivity contribution in [2.45, 2.75) is 32.2 Å². The molecule has 2 aliphatic rings. The standard InChI is InChI=1S/C21H27N5O2/c22-21(25-17-5-6-18-19(14-17)28-12-4-11-27-18)24-15-16-7-8-23-20(13-16)26-9-2-1-3-10-26/h5-8,13-14H,1-4,9-12,15H2,(H3,22,24,25). The average Bonchev–Trinajstić information content (AvgIpc) is 2.98. The first-order valence-corrected chi connectivity index (χ1v) is 9.94. The smallest absolute Gasteiger partial charge is 0.193 e. The van der Waals surface area contributed by atoms with Crippen molar-refractivity contribution in [3.8, 4) is 11.5 Å². The van der Waals surface area contributed by atoms with Crippen LogP contribution < -0.4 is 25.4 Å². The Morgan fingerprint density at radius 3 is 2.71 bits per heavy atom. The van der Waals surface area contributed by atoms with E-state index in [1.807, 2.05) is 30.5 Å². The van der Waals surface area contributed by atoms with Gasteiger partial charge in [0, 0.05) is 37.5 Å². The van der Waals surface area contributed by atoms with Crippen molar-refractivity contribution < 1.29 is 9.47 Å². The van der Waals surface area contributed by atoms with Crippen molar-refractivity contribution in [2.75, 3.05) is 36.5 Å². The van der Waals surface area contributed by atoms with Crippen molar-refractivity contribution in [1.82, 2.24) is 4.98 Å². The fourth-order valence-corrected chi connectivity index (χ4v) is 3.46. The van der Waals surface area contributed by atoms with Crippen LogP contribution in [0.15, 0.2) is 41.5 Å². The number of aliphatic imine (C=N–C) groups is 1. The first-order chi connectivity index (χ1) is 13.8. The minimum atomic E-state index is 0.367. The molecule has 148 valence electrons. The van der Waals surface area contributed by atoms with E-state index in [2.05, 4.69) is 26.3 Å². The third-order valence-corrected chi connectivity index (χ3v) is 4.94. The number of piperidine rings is 1. The highest BCUT2D eigenvalue weighted by atomic mass is 16.5. The van der Waals surface area contributed by atoms with Gasteiger partial charge in [-0.05, 0) is 49.1 Å². The molecule has 3 N–H and O–H groups in total. The monoisotopic (exact) mass is 381 g/mol. The Hall–Kier alpha value is -2.96. The number of anilines is 2. The van der Waals surface area contributed by atoms with Crippen LogP contribution in [0.4, 0.5) is 11.5 Å². The topological polar surface area (TPSA) is 85.0 Å². The van der Waals surface area contributed by atoms with Crippen LogP contribution in [0.2, 0.25) is 0 Å². The van der Waals surface area contributed by atoms with Gasteiger partial charge in [-0.25, -0.2) is 9.98 Å². The zero-order valence-electron chi connectivity index (χ0n) is 16.1. The van der Waals surface area contributed by atoms with Crippen molar-refractivity contribution >= 4 is 17.5 Å². The summed E-state index contributed by atoms with van der Waals surface area (Å²) in [6.07, 6.45) is 6.50. The van der Waals surface area contributed by atoms with Crippen LogP contribution >= 0.6 is 0 Å². The van der Waals surface area contributed by atoms with E-state index in [9.17, 15) is 0 Å². The van der Waals surface area contributed by atoms with Gasteiger partial charge in [0.25, 0.3) is 0 Å². The Kier molecular flexibility index (Phi) is 5.80. The number of hydrogen-bond acceptors (Lipinski definition) is 5. The van der Waals surface area contributed by atoms with Crippen molar-refractivity contribution in [3.05, 3.63) is 42.1 Å². The number of rotatable bonds is 4. The van der Waals surface area contributed by atoms with Gasteiger partial charge in [-0.2, -0.15) is 0 Å². The molecule has 0 spiro atoms. The molecular weight excluding hydrogens is 354 g/mol. The lowest BCUT2D eigenvalue weighted by Crippen LogP contribution is -2.30. The summed E-state index contributed by atoms with van der Waals surface area (Å²) in [7, 11) is 0. The van der Waals surface area contributed by atoms with E-state index < -0.39 is 0 Å². The highest BCUT2D eigenvalue weighted by Gasteiger charge is 2.13. The van der Waals surface area contributed by atoms with Gasteiger partial charge >= 0.3 is 0 Å². The van der Waals surface area contributed by atoms with Gasteiger partial charge in [-0.3, -0.25) is 0 Å². The Morgan fingerprint density at radius 1 is 1.04 bits per heavy atom. The minimum absolute atomic E-state index is 0.367. The number of guanidine groups is 1. The normalized spacial score (nSPS) is 17.1. The van der Waals surface area contributed by atoms with Crippen LogP contribution in [0.1, 0.15) is 31.2 Å². The summed E-state index contributed by atoms with van der Waals surface area (Å²) in [4.78, 5) is 11.3. The molecular formula is C21H27N5O2. The molecule has 0 saturated carbocycles. The Balaban J connectivity index is 1.39. The van der Waals surface area contributed by atoms with E-state index in [1.54, 1.807) is 0 Å². The van der Waals surface area contributed by atoms with Gasteiger partial charge < -0.3 is 25.4 Å². The lowest BCUT2D eigenvalue weighted by molar-refractivity contribution is 0.297. The van der Waals surface area contributed by atoms with Crippen LogP contribution in [0.5, 0.6) is 11.5 Å². The first kappa shape index (κ1) is 18.4. The molecule has 1 aromatic carbocycles. The number of nitrogens with zero attached hydrogens (tertiary/aromatic N) is 3. The van der Waals surface area contributed by atoms with Crippen LogP contribution in [-0.4, -0.2) is 37.2 Å². The number of hydrogen-bond donors (Lipinski definition) is 2. The van der Waals surface area contributed by atoms with Crippen LogP contribution in [0.25, 0.3) is 0 Å². The molecule has 0 radical (unpaired) electrons. The molecule has 28 heavy (non-hydrogen) atoms. The molecule has 4 rings (SSSR count). The predicted octanol–water partition coefficient (Wildman–Crippen LogP) is 3.16. The fraction of sp³-hybridized carbons (Fsp3) is 0.429. The Bertz CT molecular complexity index is 833. The largest absolute Gasteiger partial charge is 0.490 e. The van der Waals surface area contributed by atoms with E-state index in [-0.39, 0.29) is 0 Å². The van der Waals surface area contributed by atoms with Crippen molar-refractivity contribution in [1.29, 1.82) is 0 Å². The molecule has 2 aromatic rings. The van der Waals surface area contributed by atoms with E-state index in [1.165, 1.54) is 19.3 Å². The third kappa shape index (κ3) is 4.65. The molecule has 0 amide bonds.